The Morgan fingerprint density at radius 2 is 2.16 bits per heavy atom. The Bertz CT molecular complexity index is 527. The highest BCUT2D eigenvalue weighted by Gasteiger charge is 2.14. The predicted molar refractivity (Wildman–Crippen MR) is 74.5 cm³/mol. The number of hydrogen-bond acceptors (Lipinski definition) is 3. The Morgan fingerprint density at radius 3 is 2.89 bits per heavy atom. The summed E-state index contributed by atoms with van der Waals surface area (Å²) in [6.45, 7) is 2.27. The monoisotopic (exact) mass is 257 g/mol. The summed E-state index contributed by atoms with van der Waals surface area (Å²) in [5.41, 5.74) is 2.26. The fourth-order valence-electron chi connectivity index (χ4n) is 2.64. The van der Waals surface area contributed by atoms with Gasteiger partial charge in [-0.25, -0.2) is 4.68 Å². The number of phenolic OH excluding ortho intramolecular Hbond substituents is 1. The van der Waals surface area contributed by atoms with Gasteiger partial charge in [-0.2, -0.15) is 5.10 Å². The molecular weight excluding hydrogens is 238 g/mol. The van der Waals surface area contributed by atoms with Crippen molar-refractivity contribution in [2.24, 2.45) is 5.92 Å². The topological polar surface area (TPSA) is 50.1 Å². The minimum absolute atomic E-state index is 0.282. The fraction of sp³-hybridized carbons (Fsp3) is 0.400. The third-order valence-electron chi connectivity index (χ3n) is 3.67. The molecule has 1 saturated heterocycles. The van der Waals surface area contributed by atoms with Gasteiger partial charge in [0.15, 0.2) is 0 Å². The Labute approximate surface area is 113 Å². The van der Waals surface area contributed by atoms with Gasteiger partial charge < -0.3 is 10.4 Å². The number of hydrogen-bond donors (Lipinski definition) is 2. The zero-order chi connectivity index (χ0) is 13.1. The smallest absolute Gasteiger partial charge is 0.115 e. The molecule has 1 atom stereocenters. The van der Waals surface area contributed by atoms with Crippen molar-refractivity contribution in [1.82, 2.24) is 15.1 Å². The van der Waals surface area contributed by atoms with E-state index in [9.17, 15) is 5.11 Å². The molecule has 4 nitrogen and oxygen atoms in total. The van der Waals surface area contributed by atoms with E-state index in [1.807, 2.05) is 23.0 Å². The molecular formula is C15H19N3O. The van der Waals surface area contributed by atoms with E-state index in [1.165, 1.54) is 18.4 Å². The number of nitrogens with zero attached hydrogens (tertiary/aromatic N) is 2. The maximum Gasteiger partial charge on any atom is 0.115 e. The minimum Gasteiger partial charge on any atom is -0.508 e. The third-order valence-corrected chi connectivity index (χ3v) is 3.67. The minimum atomic E-state index is 0.282. The lowest BCUT2D eigenvalue weighted by Crippen LogP contribution is -2.30. The molecule has 4 heteroatoms. The second-order valence-corrected chi connectivity index (χ2v) is 5.23. The molecule has 2 heterocycles. The molecule has 100 valence electrons. The summed E-state index contributed by atoms with van der Waals surface area (Å²) < 4.78 is 1.87. The number of piperidine rings is 1. The molecule has 0 bridgehead atoms. The van der Waals surface area contributed by atoms with Crippen LogP contribution in [-0.2, 0) is 6.42 Å². The average Bonchev–Trinajstić information content (AvgIpc) is 2.89. The van der Waals surface area contributed by atoms with Crippen molar-refractivity contribution in [3.8, 4) is 11.4 Å². The Hall–Kier alpha value is -1.81. The van der Waals surface area contributed by atoms with Crippen LogP contribution in [0.5, 0.6) is 5.75 Å². The van der Waals surface area contributed by atoms with Gasteiger partial charge in [0.25, 0.3) is 0 Å². The lowest BCUT2D eigenvalue weighted by molar-refractivity contribution is 0.376. The normalized spacial score (nSPS) is 19.5. The zero-order valence-electron chi connectivity index (χ0n) is 10.9. The van der Waals surface area contributed by atoms with Gasteiger partial charge in [-0.05, 0) is 68.1 Å². The highest BCUT2D eigenvalue weighted by molar-refractivity contribution is 5.36. The second kappa shape index (κ2) is 5.45. The van der Waals surface area contributed by atoms with Crippen LogP contribution in [0.1, 0.15) is 18.4 Å². The van der Waals surface area contributed by atoms with Crippen LogP contribution >= 0.6 is 0 Å². The molecule has 1 unspecified atom stereocenters. The number of nitrogens with one attached hydrogen (secondary N) is 1. The fourth-order valence-corrected chi connectivity index (χ4v) is 2.64. The molecule has 0 radical (unpaired) electrons. The zero-order valence-corrected chi connectivity index (χ0v) is 10.9. The van der Waals surface area contributed by atoms with Crippen molar-refractivity contribution in [1.29, 1.82) is 0 Å². The Balaban J connectivity index is 1.70. The number of benzene rings is 1. The lowest BCUT2D eigenvalue weighted by Gasteiger charge is -2.21. The van der Waals surface area contributed by atoms with Gasteiger partial charge in [-0.15, -0.1) is 0 Å². The molecule has 19 heavy (non-hydrogen) atoms. The van der Waals surface area contributed by atoms with E-state index in [0.717, 1.165) is 31.1 Å². The van der Waals surface area contributed by atoms with E-state index in [0.29, 0.717) is 0 Å². The van der Waals surface area contributed by atoms with Gasteiger partial charge in [0, 0.05) is 6.20 Å². The van der Waals surface area contributed by atoms with Crippen molar-refractivity contribution in [3.63, 3.8) is 0 Å². The highest BCUT2D eigenvalue weighted by atomic mass is 16.3. The van der Waals surface area contributed by atoms with Crippen molar-refractivity contribution >= 4 is 0 Å². The van der Waals surface area contributed by atoms with Crippen LogP contribution in [0.15, 0.2) is 36.7 Å². The summed E-state index contributed by atoms with van der Waals surface area (Å²) >= 11 is 0. The maximum atomic E-state index is 9.29. The van der Waals surface area contributed by atoms with E-state index >= 15 is 0 Å². The maximum absolute atomic E-state index is 9.29. The summed E-state index contributed by atoms with van der Waals surface area (Å²) in [6.07, 6.45) is 7.70. The van der Waals surface area contributed by atoms with Gasteiger partial charge in [0.05, 0.1) is 11.9 Å². The number of phenols is 1. The lowest BCUT2D eigenvalue weighted by atomic mass is 9.94. The SMILES string of the molecule is Oc1ccc(-n2cc(CC3CCCNC3)cn2)cc1. The molecule has 1 aromatic heterocycles. The molecule has 1 aliphatic rings. The third kappa shape index (κ3) is 2.96. The molecule has 1 aliphatic heterocycles. The van der Waals surface area contributed by atoms with Crippen molar-refractivity contribution in [2.45, 2.75) is 19.3 Å². The van der Waals surface area contributed by atoms with E-state index in [4.69, 9.17) is 0 Å². The molecule has 2 aromatic rings. The van der Waals surface area contributed by atoms with Gasteiger partial charge >= 0.3 is 0 Å². The largest absolute Gasteiger partial charge is 0.508 e. The highest BCUT2D eigenvalue weighted by Crippen LogP contribution is 2.18. The first-order valence-electron chi connectivity index (χ1n) is 6.85. The standard InChI is InChI=1S/C15H19N3O/c19-15-5-3-14(4-6-15)18-11-13(10-17-18)8-12-2-1-7-16-9-12/h3-6,10-12,16,19H,1-2,7-9H2. The predicted octanol–water partition coefficient (Wildman–Crippen LogP) is 2.12. The molecule has 0 aliphatic carbocycles. The first-order chi connectivity index (χ1) is 9.31. The quantitative estimate of drug-likeness (QED) is 0.885. The summed E-state index contributed by atoms with van der Waals surface area (Å²) in [5, 5.41) is 17.1. The number of aromatic hydroxyl groups is 1. The molecule has 0 amide bonds. The van der Waals surface area contributed by atoms with Crippen molar-refractivity contribution < 1.29 is 5.11 Å². The number of rotatable bonds is 3. The summed E-state index contributed by atoms with van der Waals surface area (Å²) in [6, 6.07) is 7.10. The van der Waals surface area contributed by atoms with Crippen LogP contribution in [0.4, 0.5) is 0 Å². The molecule has 2 N–H and O–H groups in total. The van der Waals surface area contributed by atoms with Crippen molar-refractivity contribution in [2.75, 3.05) is 13.1 Å². The van der Waals surface area contributed by atoms with Gasteiger partial charge in [-0.3, -0.25) is 0 Å². The van der Waals surface area contributed by atoms with E-state index in [-0.39, 0.29) is 5.75 Å². The average molecular weight is 257 g/mol. The van der Waals surface area contributed by atoms with E-state index in [2.05, 4.69) is 16.6 Å². The van der Waals surface area contributed by atoms with E-state index in [1.54, 1.807) is 12.1 Å². The molecule has 1 fully saturated rings. The van der Waals surface area contributed by atoms with Gasteiger partial charge in [-0.1, -0.05) is 0 Å². The number of aromatic nitrogens is 2. The summed E-state index contributed by atoms with van der Waals surface area (Å²) in [4.78, 5) is 0. The Kier molecular flexibility index (Phi) is 3.51. The first kappa shape index (κ1) is 12.2. The van der Waals surface area contributed by atoms with Crippen LogP contribution < -0.4 is 5.32 Å². The van der Waals surface area contributed by atoms with Crippen LogP contribution in [-0.4, -0.2) is 28.0 Å². The summed E-state index contributed by atoms with van der Waals surface area (Å²) in [5.74, 6) is 1.01. The van der Waals surface area contributed by atoms with Crippen LogP contribution in [0, 0.1) is 5.92 Å². The molecule has 1 aromatic carbocycles. The summed E-state index contributed by atoms with van der Waals surface area (Å²) in [7, 11) is 0. The van der Waals surface area contributed by atoms with Gasteiger partial charge in [0.1, 0.15) is 5.75 Å². The van der Waals surface area contributed by atoms with Crippen LogP contribution in [0.3, 0.4) is 0 Å². The van der Waals surface area contributed by atoms with Gasteiger partial charge in [0.2, 0.25) is 0 Å². The second-order valence-electron chi connectivity index (χ2n) is 5.23. The van der Waals surface area contributed by atoms with E-state index < -0.39 is 0 Å². The molecule has 0 spiro atoms. The van der Waals surface area contributed by atoms with Crippen LogP contribution in [0.2, 0.25) is 0 Å². The first-order valence-corrected chi connectivity index (χ1v) is 6.85. The van der Waals surface area contributed by atoms with Crippen LogP contribution in [0.25, 0.3) is 5.69 Å². The van der Waals surface area contributed by atoms with Crippen molar-refractivity contribution in [3.05, 3.63) is 42.2 Å². The molecule has 0 saturated carbocycles. The molecule has 3 rings (SSSR count). The Morgan fingerprint density at radius 1 is 1.32 bits per heavy atom.